The van der Waals surface area contributed by atoms with E-state index in [-0.39, 0.29) is 44.0 Å². The number of ether oxygens (including phenoxy) is 1. The maximum atomic E-state index is 14.6. The molecule has 14 nitrogen and oxygen atoms in total. The number of carbonyl (C=O) groups is 6. The number of aliphatic hydroxyl groups is 1. The van der Waals surface area contributed by atoms with E-state index < -0.39 is 72.0 Å². The minimum atomic E-state index is -1.23. The van der Waals surface area contributed by atoms with Gasteiger partial charge in [-0.05, 0) is 61.4 Å². The number of carbonyl (C=O) groups excluding carboxylic acids is 6. The quantitative estimate of drug-likeness (QED) is 0.105. The molecule has 0 aromatic heterocycles. The van der Waals surface area contributed by atoms with Gasteiger partial charge in [0.15, 0.2) is 0 Å². The van der Waals surface area contributed by atoms with Gasteiger partial charge in [-0.2, -0.15) is 0 Å². The van der Waals surface area contributed by atoms with Gasteiger partial charge in [0.2, 0.25) is 23.6 Å². The molecular weight excluding hydrogens is 682 g/mol. The number of aromatic hydroxyl groups is 1. The first-order valence-electron chi connectivity index (χ1n) is 18.1. The zero-order valence-corrected chi connectivity index (χ0v) is 31.5. The second-order valence-electron chi connectivity index (χ2n) is 14.3. The van der Waals surface area contributed by atoms with Crippen LogP contribution in [-0.4, -0.2) is 113 Å². The summed E-state index contributed by atoms with van der Waals surface area (Å²) in [5.41, 5.74) is 1.34. The van der Waals surface area contributed by atoms with Crippen molar-refractivity contribution in [1.29, 1.82) is 0 Å². The fourth-order valence-corrected chi connectivity index (χ4v) is 6.34. The van der Waals surface area contributed by atoms with Gasteiger partial charge in [-0.15, -0.1) is 0 Å². The van der Waals surface area contributed by atoms with E-state index in [1.807, 2.05) is 32.0 Å². The molecule has 1 saturated heterocycles. The minimum absolute atomic E-state index is 0.0108. The first kappa shape index (κ1) is 42.6. The largest absolute Gasteiger partial charge is 0.508 e. The molecule has 2 aromatic rings. The van der Waals surface area contributed by atoms with Crippen LogP contribution in [0.25, 0.3) is 0 Å². The Morgan fingerprint density at radius 3 is 2.19 bits per heavy atom. The smallest absolute Gasteiger partial charge is 0.328 e. The molecule has 2 aromatic carbocycles. The Labute approximate surface area is 311 Å². The number of rotatable bonds is 19. The van der Waals surface area contributed by atoms with Crippen LogP contribution < -0.4 is 16.0 Å². The summed E-state index contributed by atoms with van der Waals surface area (Å²) in [7, 11) is 3.08. The van der Waals surface area contributed by atoms with Crippen molar-refractivity contribution >= 4 is 35.9 Å². The molecule has 0 aliphatic carbocycles. The second kappa shape index (κ2) is 20.4. The third-order valence-corrected chi connectivity index (χ3v) is 9.34. The van der Waals surface area contributed by atoms with Crippen LogP contribution in [0.3, 0.4) is 0 Å². The van der Waals surface area contributed by atoms with E-state index in [0.717, 1.165) is 5.56 Å². The number of hydrogen-bond donors (Lipinski definition) is 5. The average molecular weight is 738 g/mol. The highest BCUT2D eigenvalue weighted by atomic mass is 16.5. The maximum absolute atomic E-state index is 14.6. The number of benzene rings is 2. The molecule has 1 fully saturated rings. The fourth-order valence-electron chi connectivity index (χ4n) is 6.34. The summed E-state index contributed by atoms with van der Waals surface area (Å²) in [5.74, 6) is -3.22. The van der Waals surface area contributed by atoms with E-state index in [0.29, 0.717) is 24.7 Å². The molecule has 1 heterocycles. The zero-order valence-electron chi connectivity index (χ0n) is 31.5. The van der Waals surface area contributed by atoms with Gasteiger partial charge in [0.1, 0.15) is 43.0 Å². The van der Waals surface area contributed by atoms with E-state index >= 15 is 0 Å². The van der Waals surface area contributed by atoms with Crippen molar-refractivity contribution in [2.45, 2.75) is 103 Å². The number of esters is 1. The van der Waals surface area contributed by atoms with Crippen molar-refractivity contribution in [1.82, 2.24) is 25.8 Å². The van der Waals surface area contributed by atoms with Crippen LogP contribution in [0, 0.1) is 11.8 Å². The molecule has 0 radical (unpaired) electrons. The molecule has 0 spiro atoms. The molecule has 4 amide bonds. The molecule has 1 aliphatic rings. The highest BCUT2D eigenvalue weighted by molar-refractivity contribution is 5.95. The van der Waals surface area contributed by atoms with Crippen molar-refractivity contribution in [3.63, 3.8) is 0 Å². The highest BCUT2D eigenvalue weighted by Gasteiger charge is 2.43. The molecular formula is C39H55N5O9. The Hall–Kier alpha value is -4.82. The number of aldehydes is 1. The fraction of sp³-hybridized carbons (Fsp3) is 0.538. The predicted octanol–water partition coefficient (Wildman–Crippen LogP) is 1.71. The third kappa shape index (κ3) is 12.4. The number of likely N-dealkylation sites (tertiary alicyclic amines) is 1. The number of nitrogens with one attached hydrogen (secondary N) is 3. The maximum Gasteiger partial charge on any atom is 0.328 e. The molecule has 1 aliphatic heterocycles. The number of phenolic OH excluding ortho intramolecular Hbond substituents is 1. The van der Waals surface area contributed by atoms with Gasteiger partial charge in [0.25, 0.3) is 0 Å². The van der Waals surface area contributed by atoms with Crippen LogP contribution in [0.4, 0.5) is 0 Å². The Kier molecular flexibility index (Phi) is 16.4. The first-order valence-corrected chi connectivity index (χ1v) is 18.1. The number of piperidine rings is 1. The first-order chi connectivity index (χ1) is 25.2. The van der Waals surface area contributed by atoms with Gasteiger partial charge < -0.3 is 45.5 Å². The normalized spacial score (nSPS) is 18.1. The lowest BCUT2D eigenvalue weighted by Gasteiger charge is -2.42. The van der Waals surface area contributed by atoms with E-state index in [9.17, 15) is 39.0 Å². The lowest BCUT2D eigenvalue weighted by Crippen LogP contribution is -2.63. The van der Waals surface area contributed by atoms with Gasteiger partial charge in [-0.1, -0.05) is 70.2 Å². The number of nitrogens with zero attached hydrogens (tertiary/aromatic N) is 2. The van der Waals surface area contributed by atoms with E-state index in [2.05, 4.69) is 16.0 Å². The molecule has 0 saturated carbocycles. The van der Waals surface area contributed by atoms with E-state index in [1.165, 1.54) is 29.0 Å². The van der Waals surface area contributed by atoms with Gasteiger partial charge >= 0.3 is 5.97 Å². The SMILES string of the molecule is CNC1CCC(O)N(C(Cc2ccccc2)C(=O)N(C)C(Cc2ccc(O)cc2)C(=O)NC(C(=O)OCCC(=O)NC(C=O)CC(C)C)C(C)C)C1=O. The highest BCUT2D eigenvalue weighted by Crippen LogP contribution is 2.25. The summed E-state index contributed by atoms with van der Waals surface area (Å²) < 4.78 is 5.39. The number of amides is 4. The number of phenols is 1. The second-order valence-corrected chi connectivity index (χ2v) is 14.3. The molecule has 3 rings (SSSR count). The summed E-state index contributed by atoms with van der Waals surface area (Å²) in [5, 5.41) is 29.3. The summed E-state index contributed by atoms with van der Waals surface area (Å²) in [6, 6.07) is 10.4. The summed E-state index contributed by atoms with van der Waals surface area (Å²) >= 11 is 0. The molecule has 5 N–H and O–H groups in total. The van der Waals surface area contributed by atoms with Crippen molar-refractivity contribution in [2.75, 3.05) is 20.7 Å². The third-order valence-electron chi connectivity index (χ3n) is 9.34. The van der Waals surface area contributed by atoms with Crippen molar-refractivity contribution in [3.8, 4) is 5.75 Å². The van der Waals surface area contributed by atoms with Crippen LogP contribution in [0.15, 0.2) is 54.6 Å². The van der Waals surface area contributed by atoms with E-state index in [1.54, 1.807) is 45.2 Å². The van der Waals surface area contributed by atoms with Crippen LogP contribution in [0.1, 0.15) is 64.5 Å². The average Bonchev–Trinajstić information content (AvgIpc) is 3.12. The monoisotopic (exact) mass is 737 g/mol. The molecule has 290 valence electrons. The Bertz CT molecular complexity index is 1540. The lowest BCUT2D eigenvalue weighted by molar-refractivity contribution is -0.164. The van der Waals surface area contributed by atoms with Crippen LogP contribution in [-0.2, 0) is 46.3 Å². The van der Waals surface area contributed by atoms with Crippen molar-refractivity contribution in [3.05, 3.63) is 65.7 Å². The summed E-state index contributed by atoms with van der Waals surface area (Å²) in [6.45, 7) is 6.99. The Balaban J connectivity index is 1.87. The van der Waals surface area contributed by atoms with Crippen molar-refractivity contribution < 1.29 is 43.7 Å². The van der Waals surface area contributed by atoms with Crippen LogP contribution in [0.5, 0.6) is 5.75 Å². The molecule has 6 unspecified atom stereocenters. The van der Waals surface area contributed by atoms with Gasteiger partial charge in [0, 0.05) is 19.9 Å². The molecule has 53 heavy (non-hydrogen) atoms. The summed E-state index contributed by atoms with van der Waals surface area (Å²) in [4.78, 5) is 81.8. The van der Waals surface area contributed by atoms with Gasteiger partial charge in [0.05, 0.1) is 18.5 Å². The molecule has 0 bridgehead atoms. The van der Waals surface area contributed by atoms with Crippen LogP contribution >= 0.6 is 0 Å². The van der Waals surface area contributed by atoms with Gasteiger partial charge in [-0.25, -0.2) is 4.79 Å². The number of hydrogen-bond acceptors (Lipinski definition) is 10. The summed E-state index contributed by atoms with van der Waals surface area (Å²) in [6.07, 6.45) is 0.391. The minimum Gasteiger partial charge on any atom is -0.508 e. The predicted molar refractivity (Wildman–Crippen MR) is 197 cm³/mol. The standard InChI is InChI=1S/C39H55N5O9/c1-24(2)20-28(23-45)41-33(47)18-19-53-39(52)35(25(3)4)42-36(49)31(21-27-12-14-29(46)15-13-27)43(6)38(51)32(22-26-10-8-7-9-11-26)44-34(48)17-16-30(40-5)37(44)50/h7-15,23-25,28,30-32,34-35,40,46,48H,16-22H2,1-6H3,(H,41,47)(H,42,49). The number of aliphatic hydroxyl groups excluding tert-OH is 1. The zero-order chi connectivity index (χ0) is 39.2. The van der Waals surface area contributed by atoms with Crippen molar-refractivity contribution in [2.24, 2.45) is 11.8 Å². The molecule has 6 atom stereocenters. The Morgan fingerprint density at radius 2 is 1.60 bits per heavy atom. The van der Waals surface area contributed by atoms with E-state index in [4.69, 9.17) is 4.74 Å². The van der Waals surface area contributed by atoms with Crippen LogP contribution in [0.2, 0.25) is 0 Å². The Morgan fingerprint density at radius 1 is 0.962 bits per heavy atom. The number of likely N-dealkylation sites (N-methyl/N-ethyl adjacent to an activating group) is 2. The molecule has 14 heteroatoms. The lowest BCUT2D eigenvalue weighted by atomic mass is 9.95. The topological polar surface area (TPSA) is 195 Å². The van der Waals surface area contributed by atoms with Gasteiger partial charge in [-0.3, -0.25) is 19.2 Å².